The maximum absolute atomic E-state index is 6.07. The van der Waals surface area contributed by atoms with Crippen molar-refractivity contribution in [2.75, 3.05) is 11.9 Å². The second-order valence-corrected chi connectivity index (χ2v) is 7.06. The van der Waals surface area contributed by atoms with Crippen molar-refractivity contribution in [2.24, 2.45) is 11.7 Å². The molecule has 0 atom stereocenters. The third-order valence-corrected chi connectivity index (χ3v) is 5.20. The molecule has 0 aromatic heterocycles. The van der Waals surface area contributed by atoms with Crippen LogP contribution in [-0.4, -0.2) is 18.7 Å². The van der Waals surface area contributed by atoms with E-state index in [9.17, 15) is 0 Å². The average Bonchev–Trinajstić information content (AvgIpc) is 2.57. The van der Waals surface area contributed by atoms with Crippen LogP contribution in [0, 0.1) is 5.92 Å². The molecule has 0 heterocycles. The van der Waals surface area contributed by atoms with Crippen LogP contribution in [0.15, 0.2) is 24.3 Å². The number of hydrogen-bond donors (Lipinski definition) is 2. The summed E-state index contributed by atoms with van der Waals surface area (Å²) in [7, 11) is 0. The first kappa shape index (κ1) is 15.7. The van der Waals surface area contributed by atoms with E-state index in [0.717, 1.165) is 18.2 Å². The van der Waals surface area contributed by atoms with Crippen molar-refractivity contribution in [1.82, 2.24) is 0 Å². The van der Waals surface area contributed by atoms with Gasteiger partial charge < -0.3 is 15.8 Å². The Morgan fingerprint density at radius 2 is 1.59 bits per heavy atom. The number of ether oxygens (including phenoxy) is 1. The third-order valence-electron chi connectivity index (χ3n) is 5.20. The molecule has 0 amide bonds. The molecule has 1 aromatic carbocycles. The second-order valence-electron chi connectivity index (χ2n) is 7.06. The summed E-state index contributed by atoms with van der Waals surface area (Å²) in [5, 5.41) is 3.56. The molecule has 0 bridgehead atoms. The van der Waals surface area contributed by atoms with Crippen LogP contribution in [-0.2, 0) is 0 Å². The molecule has 22 heavy (non-hydrogen) atoms. The lowest BCUT2D eigenvalue weighted by atomic mass is 9.86. The van der Waals surface area contributed by atoms with Gasteiger partial charge in [-0.1, -0.05) is 6.42 Å². The molecule has 3 N–H and O–H groups in total. The van der Waals surface area contributed by atoms with Crippen LogP contribution >= 0.6 is 0 Å². The fraction of sp³-hybridized carbons (Fsp3) is 0.684. The van der Waals surface area contributed by atoms with E-state index in [1.54, 1.807) is 0 Å². The van der Waals surface area contributed by atoms with Gasteiger partial charge in [0.15, 0.2) is 0 Å². The molecule has 0 unspecified atom stereocenters. The Hall–Kier alpha value is -1.22. The zero-order valence-electron chi connectivity index (χ0n) is 13.6. The highest BCUT2D eigenvalue weighted by Crippen LogP contribution is 2.26. The third kappa shape index (κ3) is 4.64. The summed E-state index contributed by atoms with van der Waals surface area (Å²) in [6.45, 7) is 1.07. The van der Waals surface area contributed by atoms with E-state index in [-0.39, 0.29) is 0 Å². The average molecular weight is 302 g/mol. The zero-order valence-corrected chi connectivity index (χ0v) is 13.6. The molecule has 2 saturated carbocycles. The molecule has 0 radical (unpaired) electrons. The fourth-order valence-electron chi connectivity index (χ4n) is 3.68. The highest BCUT2D eigenvalue weighted by molar-refractivity contribution is 5.46. The van der Waals surface area contributed by atoms with Crippen molar-refractivity contribution in [2.45, 2.75) is 69.9 Å². The van der Waals surface area contributed by atoms with Gasteiger partial charge in [0.25, 0.3) is 0 Å². The minimum absolute atomic E-state index is 0.430. The van der Waals surface area contributed by atoms with E-state index in [2.05, 4.69) is 29.6 Å². The molecule has 3 nitrogen and oxygen atoms in total. The summed E-state index contributed by atoms with van der Waals surface area (Å²) in [6.07, 6.45) is 11.7. The van der Waals surface area contributed by atoms with Gasteiger partial charge in [-0.25, -0.2) is 0 Å². The van der Waals surface area contributed by atoms with Crippen LogP contribution < -0.4 is 15.8 Å². The van der Waals surface area contributed by atoms with Gasteiger partial charge in [0, 0.05) is 18.3 Å². The number of rotatable bonds is 5. The second kappa shape index (κ2) is 7.87. The minimum Gasteiger partial charge on any atom is -0.490 e. The molecule has 3 heteroatoms. The van der Waals surface area contributed by atoms with Crippen LogP contribution in [0.4, 0.5) is 5.69 Å². The SMILES string of the molecule is N[C@H]1CC[C@H](CNc2ccc(OC3CCCCC3)cc2)CC1. The van der Waals surface area contributed by atoms with Crippen molar-refractivity contribution < 1.29 is 4.74 Å². The Kier molecular flexibility index (Phi) is 5.60. The smallest absolute Gasteiger partial charge is 0.119 e. The van der Waals surface area contributed by atoms with E-state index in [1.807, 2.05) is 0 Å². The topological polar surface area (TPSA) is 47.3 Å². The largest absolute Gasteiger partial charge is 0.490 e. The minimum atomic E-state index is 0.430. The molecule has 3 rings (SSSR count). The normalized spacial score (nSPS) is 26.6. The first-order valence-corrected chi connectivity index (χ1v) is 9.06. The van der Waals surface area contributed by atoms with Crippen LogP contribution in [0.3, 0.4) is 0 Å². The van der Waals surface area contributed by atoms with Gasteiger partial charge in [0.1, 0.15) is 5.75 Å². The van der Waals surface area contributed by atoms with Crippen LogP contribution in [0.2, 0.25) is 0 Å². The molecule has 0 spiro atoms. The van der Waals surface area contributed by atoms with Crippen molar-refractivity contribution in [3.05, 3.63) is 24.3 Å². The Balaban J connectivity index is 1.43. The molecule has 0 saturated heterocycles. The van der Waals surface area contributed by atoms with Gasteiger partial charge in [-0.15, -0.1) is 0 Å². The van der Waals surface area contributed by atoms with Gasteiger partial charge >= 0.3 is 0 Å². The van der Waals surface area contributed by atoms with Crippen LogP contribution in [0.25, 0.3) is 0 Å². The predicted octanol–water partition coefficient (Wildman–Crippen LogP) is 4.33. The fourth-order valence-corrected chi connectivity index (χ4v) is 3.68. The number of anilines is 1. The Morgan fingerprint density at radius 1 is 0.909 bits per heavy atom. The lowest BCUT2D eigenvalue weighted by molar-refractivity contribution is 0.155. The van der Waals surface area contributed by atoms with Crippen LogP contribution in [0.1, 0.15) is 57.8 Å². The molecule has 2 fully saturated rings. The van der Waals surface area contributed by atoms with Crippen molar-refractivity contribution in [1.29, 1.82) is 0 Å². The van der Waals surface area contributed by atoms with E-state index in [0.29, 0.717) is 12.1 Å². The maximum atomic E-state index is 6.07. The first-order valence-electron chi connectivity index (χ1n) is 9.06. The number of benzene rings is 1. The lowest BCUT2D eigenvalue weighted by Gasteiger charge is -2.26. The van der Waals surface area contributed by atoms with Crippen molar-refractivity contribution in [3.63, 3.8) is 0 Å². The van der Waals surface area contributed by atoms with Gasteiger partial charge in [-0.3, -0.25) is 0 Å². The van der Waals surface area contributed by atoms with Gasteiger partial charge in [-0.2, -0.15) is 0 Å². The molecular weight excluding hydrogens is 272 g/mol. The van der Waals surface area contributed by atoms with E-state index in [1.165, 1.54) is 63.5 Å². The van der Waals surface area contributed by atoms with E-state index in [4.69, 9.17) is 10.5 Å². The van der Waals surface area contributed by atoms with Gasteiger partial charge in [-0.05, 0) is 81.5 Å². The lowest BCUT2D eigenvalue weighted by Crippen LogP contribution is -2.29. The summed E-state index contributed by atoms with van der Waals surface area (Å²) in [5.74, 6) is 1.79. The van der Waals surface area contributed by atoms with E-state index < -0.39 is 0 Å². The van der Waals surface area contributed by atoms with E-state index >= 15 is 0 Å². The highest BCUT2D eigenvalue weighted by atomic mass is 16.5. The Labute approximate surface area is 134 Å². The molecule has 2 aliphatic carbocycles. The first-order chi connectivity index (χ1) is 10.8. The monoisotopic (exact) mass is 302 g/mol. The molecule has 2 aliphatic rings. The summed E-state index contributed by atoms with van der Waals surface area (Å²) >= 11 is 0. The predicted molar refractivity (Wildman–Crippen MR) is 92.4 cm³/mol. The summed E-state index contributed by atoms with van der Waals surface area (Å²) in [5.41, 5.74) is 7.16. The zero-order chi connectivity index (χ0) is 15.2. The van der Waals surface area contributed by atoms with Crippen LogP contribution in [0.5, 0.6) is 5.75 Å². The Bertz CT molecular complexity index is 431. The summed E-state index contributed by atoms with van der Waals surface area (Å²) in [6, 6.07) is 8.94. The molecule has 1 aromatic rings. The molecule has 0 aliphatic heterocycles. The van der Waals surface area contributed by atoms with Gasteiger partial charge in [0.2, 0.25) is 0 Å². The quantitative estimate of drug-likeness (QED) is 0.851. The highest BCUT2D eigenvalue weighted by Gasteiger charge is 2.18. The number of nitrogens with one attached hydrogen (secondary N) is 1. The maximum Gasteiger partial charge on any atom is 0.119 e. The number of nitrogens with two attached hydrogens (primary N) is 1. The number of hydrogen-bond acceptors (Lipinski definition) is 3. The standard InChI is InChI=1S/C19H30N2O/c20-16-8-6-15(7-9-16)14-21-17-10-12-19(13-11-17)22-18-4-2-1-3-5-18/h10-13,15-16,18,21H,1-9,14,20H2/t15-,16-. The summed E-state index contributed by atoms with van der Waals surface area (Å²) in [4.78, 5) is 0. The molecular formula is C19H30N2O. The van der Waals surface area contributed by atoms with Gasteiger partial charge in [0.05, 0.1) is 6.10 Å². The Morgan fingerprint density at radius 3 is 2.27 bits per heavy atom. The summed E-state index contributed by atoms with van der Waals surface area (Å²) < 4.78 is 6.07. The van der Waals surface area contributed by atoms with Crippen molar-refractivity contribution in [3.8, 4) is 5.75 Å². The van der Waals surface area contributed by atoms with Crippen molar-refractivity contribution >= 4 is 5.69 Å². The molecule has 122 valence electrons.